The van der Waals surface area contributed by atoms with Gasteiger partial charge in [-0.25, -0.2) is 14.0 Å². The van der Waals surface area contributed by atoms with E-state index in [4.69, 9.17) is 14.0 Å². The largest absolute Gasteiger partial charge is 0.463 e. The third kappa shape index (κ3) is 10.0. The molecule has 0 bridgehead atoms. The smallest absolute Gasteiger partial charge is 0.330 e. The molecule has 0 saturated carbocycles. The summed E-state index contributed by atoms with van der Waals surface area (Å²) in [6.07, 6.45) is 1.81. The van der Waals surface area contributed by atoms with Gasteiger partial charge in [-0.1, -0.05) is 37.2 Å². The maximum Gasteiger partial charge on any atom is 0.330 e. The molecule has 0 aliphatic carbocycles. The molecule has 1 aromatic heterocycles. The normalized spacial score (nSPS) is 16.8. The molecule has 1 aromatic carbocycles. The Kier molecular flexibility index (Phi) is 12.0. The number of esters is 2. The van der Waals surface area contributed by atoms with Crippen LogP contribution >= 0.6 is 0 Å². The number of rotatable bonds is 14. The van der Waals surface area contributed by atoms with E-state index in [1.165, 1.54) is 36.4 Å². The minimum atomic E-state index is -1.40. The van der Waals surface area contributed by atoms with Gasteiger partial charge in [0.05, 0.1) is 6.61 Å². The number of hydrogen-bond donors (Lipinski definition) is 3. The van der Waals surface area contributed by atoms with E-state index in [0.29, 0.717) is 24.3 Å². The average molecular weight is 601 g/mol. The Morgan fingerprint density at radius 3 is 2.49 bits per heavy atom. The zero-order valence-electron chi connectivity index (χ0n) is 24.6. The molecule has 3 N–H and O–H groups in total. The third-order valence-corrected chi connectivity index (χ3v) is 6.73. The molecule has 3 amide bonds. The molecular formula is C30H37FN4O8. The van der Waals surface area contributed by atoms with Gasteiger partial charge < -0.3 is 29.9 Å². The number of nitrogens with one attached hydrogen (secondary N) is 3. The lowest BCUT2D eigenvalue weighted by atomic mass is 9.97. The van der Waals surface area contributed by atoms with E-state index < -0.39 is 59.6 Å². The summed E-state index contributed by atoms with van der Waals surface area (Å²) in [6.45, 7) is 7.31. The van der Waals surface area contributed by atoms with Crippen LogP contribution in [0.5, 0.6) is 0 Å². The van der Waals surface area contributed by atoms with Crippen molar-refractivity contribution in [3.8, 4) is 0 Å². The van der Waals surface area contributed by atoms with Crippen LogP contribution in [0.1, 0.15) is 55.4 Å². The molecule has 43 heavy (non-hydrogen) atoms. The minimum absolute atomic E-state index is 0.0243. The van der Waals surface area contributed by atoms with Crippen LogP contribution in [0.15, 0.2) is 47.0 Å². The van der Waals surface area contributed by atoms with E-state index in [1.807, 2.05) is 0 Å². The van der Waals surface area contributed by atoms with Crippen molar-refractivity contribution in [2.24, 2.45) is 11.8 Å². The Morgan fingerprint density at radius 2 is 1.91 bits per heavy atom. The lowest BCUT2D eigenvalue weighted by Gasteiger charge is -2.26. The number of halogens is 1. The molecule has 0 unspecified atom stereocenters. The van der Waals surface area contributed by atoms with Gasteiger partial charge in [0, 0.05) is 37.1 Å². The summed E-state index contributed by atoms with van der Waals surface area (Å²) < 4.78 is 29.1. The minimum Gasteiger partial charge on any atom is -0.463 e. The highest BCUT2D eigenvalue weighted by molar-refractivity contribution is 5.95. The van der Waals surface area contributed by atoms with Crippen molar-refractivity contribution in [1.82, 2.24) is 21.1 Å². The van der Waals surface area contributed by atoms with Crippen molar-refractivity contribution in [3.63, 3.8) is 0 Å². The van der Waals surface area contributed by atoms with Crippen molar-refractivity contribution in [3.05, 3.63) is 65.3 Å². The SMILES string of the molecule is CCOC(=O)C=C[C@H](C[C@@H]1CCNC1=O)NC(=O)[C@H](Cc1ccc(F)cc1)OC(=O)[C@@H](NC(=O)c1cc(C)on1)C(C)C. The van der Waals surface area contributed by atoms with E-state index in [2.05, 4.69) is 21.1 Å². The molecule has 1 saturated heterocycles. The molecule has 4 atom stereocenters. The van der Waals surface area contributed by atoms with Crippen LogP contribution in [0, 0.1) is 24.6 Å². The predicted octanol–water partition coefficient (Wildman–Crippen LogP) is 2.16. The van der Waals surface area contributed by atoms with Crippen molar-refractivity contribution < 1.29 is 42.4 Å². The van der Waals surface area contributed by atoms with E-state index in [9.17, 15) is 28.4 Å². The number of amides is 3. The van der Waals surface area contributed by atoms with Crippen LogP contribution in [0.3, 0.4) is 0 Å². The first-order valence-corrected chi connectivity index (χ1v) is 14.1. The maximum absolute atomic E-state index is 13.6. The van der Waals surface area contributed by atoms with Gasteiger partial charge in [0.25, 0.3) is 11.8 Å². The van der Waals surface area contributed by atoms with E-state index in [0.717, 1.165) is 6.08 Å². The number of ether oxygens (including phenoxy) is 2. The standard InChI is InChI=1S/C30H37FN4O8/c1-5-41-25(36)11-10-22(16-20-12-13-32-27(20)37)33-29(39)24(15-19-6-8-21(31)9-7-19)42-30(40)26(17(2)3)34-28(38)23-14-18(4)43-35-23/h6-11,14,17,20,22,24,26H,5,12-13,15-16H2,1-4H3,(H,32,37)(H,33,39)(H,34,38)/t20-,22+,24-,26-/m0/s1. The lowest BCUT2D eigenvalue weighted by Crippen LogP contribution is -2.50. The van der Waals surface area contributed by atoms with Crippen molar-refractivity contribution in [2.45, 2.75) is 65.1 Å². The van der Waals surface area contributed by atoms with E-state index >= 15 is 0 Å². The van der Waals surface area contributed by atoms with Crippen molar-refractivity contribution in [2.75, 3.05) is 13.2 Å². The van der Waals surface area contributed by atoms with Crippen molar-refractivity contribution >= 4 is 29.7 Å². The van der Waals surface area contributed by atoms with Gasteiger partial charge in [-0.2, -0.15) is 0 Å². The first kappa shape index (κ1) is 33.0. The van der Waals surface area contributed by atoms with Crippen LogP contribution < -0.4 is 16.0 Å². The van der Waals surface area contributed by atoms with Gasteiger partial charge in [-0.15, -0.1) is 0 Å². The molecule has 2 aromatic rings. The second-order valence-electron chi connectivity index (χ2n) is 10.5. The number of carbonyl (C=O) groups is 5. The topological polar surface area (TPSA) is 166 Å². The second-order valence-corrected chi connectivity index (χ2v) is 10.5. The summed E-state index contributed by atoms with van der Waals surface area (Å²) in [6, 6.07) is 4.83. The summed E-state index contributed by atoms with van der Waals surface area (Å²) in [5.74, 6) is -3.95. The number of benzene rings is 1. The number of aryl methyl sites for hydroxylation is 1. The molecule has 0 radical (unpaired) electrons. The highest BCUT2D eigenvalue weighted by Crippen LogP contribution is 2.18. The van der Waals surface area contributed by atoms with Crippen molar-refractivity contribution in [1.29, 1.82) is 0 Å². The first-order valence-electron chi connectivity index (χ1n) is 14.1. The van der Waals surface area contributed by atoms with Crippen LogP contribution in [0.2, 0.25) is 0 Å². The fourth-order valence-electron chi connectivity index (χ4n) is 4.45. The molecule has 0 spiro atoms. The van der Waals surface area contributed by atoms with Crippen LogP contribution in [0.4, 0.5) is 4.39 Å². The van der Waals surface area contributed by atoms with Gasteiger partial charge in [0.1, 0.15) is 17.6 Å². The van der Waals surface area contributed by atoms with Crippen LogP contribution in [-0.2, 0) is 35.1 Å². The molecule has 1 fully saturated rings. The van der Waals surface area contributed by atoms with Crippen LogP contribution in [0.25, 0.3) is 0 Å². The third-order valence-electron chi connectivity index (χ3n) is 6.73. The Bertz CT molecular complexity index is 1320. The lowest BCUT2D eigenvalue weighted by molar-refractivity contribution is -0.158. The molecular weight excluding hydrogens is 563 g/mol. The fourth-order valence-corrected chi connectivity index (χ4v) is 4.45. The second kappa shape index (κ2) is 15.6. The zero-order valence-corrected chi connectivity index (χ0v) is 24.6. The number of aromatic nitrogens is 1. The quantitative estimate of drug-likeness (QED) is 0.218. The molecule has 1 aliphatic rings. The Hall–Kier alpha value is -4.55. The number of hydrogen-bond acceptors (Lipinski definition) is 9. The van der Waals surface area contributed by atoms with Gasteiger partial charge in [-0.3, -0.25) is 14.4 Å². The fraction of sp³-hybridized carbons (Fsp3) is 0.467. The summed E-state index contributed by atoms with van der Waals surface area (Å²) in [7, 11) is 0. The van der Waals surface area contributed by atoms with Gasteiger partial charge >= 0.3 is 11.9 Å². The monoisotopic (exact) mass is 600 g/mol. The van der Waals surface area contributed by atoms with Gasteiger partial charge in [0.2, 0.25) is 5.91 Å². The Morgan fingerprint density at radius 1 is 1.19 bits per heavy atom. The summed E-state index contributed by atoms with van der Waals surface area (Å²) in [5.41, 5.74) is 0.482. The molecule has 232 valence electrons. The first-order chi connectivity index (χ1) is 20.5. The molecule has 12 nitrogen and oxygen atoms in total. The number of carbonyl (C=O) groups excluding carboxylic acids is 5. The summed E-state index contributed by atoms with van der Waals surface area (Å²) in [4.78, 5) is 63.9. The maximum atomic E-state index is 13.6. The highest BCUT2D eigenvalue weighted by Gasteiger charge is 2.33. The van der Waals surface area contributed by atoms with Crippen LogP contribution in [-0.4, -0.2) is 66.2 Å². The van der Waals surface area contributed by atoms with E-state index in [1.54, 1.807) is 27.7 Å². The number of nitrogens with zero attached hydrogens (tertiary/aromatic N) is 1. The Balaban J connectivity index is 1.82. The summed E-state index contributed by atoms with van der Waals surface area (Å²) >= 11 is 0. The van der Waals surface area contributed by atoms with Gasteiger partial charge in [-0.05, 0) is 50.3 Å². The average Bonchev–Trinajstić information content (AvgIpc) is 3.58. The molecule has 3 rings (SSSR count). The van der Waals surface area contributed by atoms with E-state index in [-0.39, 0.29) is 31.0 Å². The summed E-state index contributed by atoms with van der Waals surface area (Å²) in [5, 5.41) is 11.7. The Labute approximate surface area is 248 Å². The molecule has 1 aliphatic heterocycles. The highest BCUT2D eigenvalue weighted by atomic mass is 19.1. The molecule has 2 heterocycles. The predicted molar refractivity (Wildman–Crippen MR) is 151 cm³/mol. The zero-order chi connectivity index (χ0) is 31.5. The van der Waals surface area contributed by atoms with Gasteiger partial charge in [0.15, 0.2) is 11.8 Å². The molecule has 13 heteroatoms.